The molecule has 1 aliphatic heterocycles. The van der Waals surface area contributed by atoms with E-state index in [2.05, 4.69) is 0 Å². The number of ketones is 1. The van der Waals surface area contributed by atoms with Crippen LogP contribution in [0.3, 0.4) is 0 Å². The van der Waals surface area contributed by atoms with E-state index in [4.69, 9.17) is 0 Å². The molecular weight excluding hydrogens is 368 g/mol. The number of Topliss-reactive ketones (excluding diaryl/α,β-unsaturated/α-hetero) is 1. The Morgan fingerprint density at radius 2 is 2.04 bits per heavy atom. The third-order valence-electron chi connectivity index (χ3n) is 5.16. The summed E-state index contributed by atoms with van der Waals surface area (Å²) in [5.41, 5.74) is 1.33. The molecule has 0 bridgehead atoms. The number of rotatable bonds is 2. The minimum absolute atomic E-state index is 0.00461. The lowest BCUT2D eigenvalue weighted by atomic mass is 9.79. The molecule has 2 heterocycles. The number of carbonyl (C=O) groups is 2. The van der Waals surface area contributed by atoms with Crippen LogP contribution in [0.4, 0.5) is 0 Å². The first-order valence-electron chi connectivity index (χ1n) is 9.50. The molecule has 2 aromatic rings. The van der Waals surface area contributed by atoms with Gasteiger partial charge in [0.25, 0.3) is 5.91 Å². The molecule has 5 heteroatoms. The largest absolute Gasteiger partial charge is 0.338 e. The number of hydrogen-bond donors (Lipinski definition) is 0. The molecule has 28 heavy (non-hydrogen) atoms. The van der Waals surface area contributed by atoms with Gasteiger partial charge in [0.2, 0.25) is 0 Å². The van der Waals surface area contributed by atoms with Gasteiger partial charge in [-0.3, -0.25) is 9.59 Å². The zero-order valence-electron chi connectivity index (χ0n) is 16.3. The molecule has 0 radical (unpaired) electrons. The Morgan fingerprint density at radius 1 is 1.21 bits per heavy atom. The molecule has 0 unspecified atom stereocenters. The fourth-order valence-electron chi connectivity index (χ4n) is 3.49. The van der Waals surface area contributed by atoms with Gasteiger partial charge in [-0.1, -0.05) is 38.1 Å². The molecule has 1 aromatic carbocycles. The van der Waals surface area contributed by atoms with Crippen molar-refractivity contribution in [3.8, 4) is 16.5 Å². The first-order chi connectivity index (χ1) is 13.4. The van der Waals surface area contributed by atoms with Gasteiger partial charge in [0.05, 0.1) is 5.57 Å². The fraction of sp³-hybridized carbons (Fsp3) is 0.348. The highest BCUT2D eigenvalue weighted by molar-refractivity contribution is 7.13. The maximum absolute atomic E-state index is 13.1. The number of thiophene rings is 1. The standard InChI is InChI=1S/C23H24N2O2S/c1-23(2)11-6-13-25(12-4-9-19(16-24)21(23)26)22(27)18-8-3-7-17(15-18)20-10-5-14-28-20/h3,5,7-10,14-15H,4,6,11-13H2,1-2H3/b19-9-. The third kappa shape index (κ3) is 4.40. The van der Waals surface area contributed by atoms with Gasteiger partial charge in [0.1, 0.15) is 6.07 Å². The van der Waals surface area contributed by atoms with E-state index in [1.54, 1.807) is 17.4 Å². The number of carbonyl (C=O) groups excluding carboxylic acids is 2. The SMILES string of the molecule is CC1(C)CCCN(C(=O)c2cccc(-c3cccs3)c2)CC/C=C(/C#N)C1=O. The Bertz CT molecular complexity index is 936. The summed E-state index contributed by atoms with van der Waals surface area (Å²) in [6, 6.07) is 13.8. The second-order valence-electron chi connectivity index (χ2n) is 7.69. The lowest BCUT2D eigenvalue weighted by Crippen LogP contribution is -2.35. The molecule has 0 atom stereocenters. The van der Waals surface area contributed by atoms with Crippen molar-refractivity contribution in [1.82, 2.24) is 4.90 Å². The minimum Gasteiger partial charge on any atom is -0.338 e. The molecule has 144 valence electrons. The Balaban J connectivity index is 1.82. The third-order valence-corrected chi connectivity index (χ3v) is 6.08. The fourth-order valence-corrected chi connectivity index (χ4v) is 4.21. The summed E-state index contributed by atoms with van der Waals surface area (Å²) in [4.78, 5) is 28.6. The number of nitriles is 1. The topological polar surface area (TPSA) is 61.2 Å². The zero-order valence-corrected chi connectivity index (χ0v) is 17.1. The molecule has 1 amide bonds. The van der Waals surface area contributed by atoms with Gasteiger partial charge in [0.15, 0.2) is 5.78 Å². The van der Waals surface area contributed by atoms with Gasteiger partial charge in [-0.05, 0) is 48.4 Å². The van der Waals surface area contributed by atoms with Crippen molar-refractivity contribution in [2.24, 2.45) is 5.41 Å². The van der Waals surface area contributed by atoms with Crippen LogP contribution in [0, 0.1) is 16.7 Å². The number of nitrogens with zero attached hydrogens (tertiary/aromatic N) is 2. The van der Waals surface area contributed by atoms with Crippen LogP contribution >= 0.6 is 11.3 Å². The van der Waals surface area contributed by atoms with Gasteiger partial charge in [0, 0.05) is 28.9 Å². The lowest BCUT2D eigenvalue weighted by molar-refractivity contribution is -0.123. The van der Waals surface area contributed by atoms with Crippen LogP contribution in [0.1, 0.15) is 43.5 Å². The molecule has 1 aliphatic rings. The lowest BCUT2D eigenvalue weighted by Gasteiger charge is -2.28. The highest BCUT2D eigenvalue weighted by Crippen LogP contribution is 2.29. The highest BCUT2D eigenvalue weighted by Gasteiger charge is 2.31. The summed E-state index contributed by atoms with van der Waals surface area (Å²) in [5.74, 6) is -0.103. The summed E-state index contributed by atoms with van der Waals surface area (Å²) >= 11 is 1.65. The summed E-state index contributed by atoms with van der Waals surface area (Å²) in [6.45, 7) is 4.85. The smallest absolute Gasteiger partial charge is 0.253 e. The van der Waals surface area contributed by atoms with E-state index in [0.717, 1.165) is 16.9 Å². The summed E-state index contributed by atoms with van der Waals surface area (Å²) < 4.78 is 0. The second-order valence-corrected chi connectivity index (χ2v) is 8.63. The molecule has 4 nitrogen and oxygen atoms in total. The van der Waals surface area contributed by atoms with Crippen molar-refractivity contribution < 1.29 is 9.59 Å². The molecule has 0 saturated heterocycles. The van der Waals surface area contributed by atoms with Gasteiger partial charge in [-0.25, -0.2) is 0 Å². The maximum atomic E-state index is 13.1. The summed E-state index contributed by atoms with van der Waals surface area (Å²) in [7, 11) is 0. The van der Waals surface area contributed by atoms with Crippen LogP contribution in [0.15, 0.2) is 53.4 Å². The van der Waals surface area contributed by atoms with E-state index in [1.807, 2.05) is 66.6 Å². The molecule has 3 rings (SSSR count). The van der Waals surface area contributed by atoms with Crippen molar-refractivity contribution in [1.29, 1.82) is 5.26 Å². The molecule has 0 fully saturated rings. The number of benzene rings is 1. The molecular formula is C23H24N2O2S. The van der Waals surface area contributed by atoms with Crippen molar-refractivity contribution >= 4 is 23.0 Å². The van der Waals surface area contributed by atoms with Crippen molar-refractivity contribution in [2.45, 2.75) is 33.1 Å². The summed E-state index contributed by atoms with van der Waals surface area (Å²) in [6.07, 6.45) is 3.55. The molecule has 0 aliphatic carbocycles. The van der Waals surface area contributed by atoms with Crippen molar-refractivity contribution in [2.75, 3.05) is 13.1 Å². The zero-order chi connectivity index (χ0) is 20.1. The van der Waals surface area contributed by atoms with Crippen LogP contribution in [-0.2, 0) is 4.79 Å². The molecule has 1 aromatic heterocycles. The Labute approximate surface area is 170 Å². The van der Waals surface area contributed by atoms with E-state index in [-0.39, 0.29) is 17.3 Å². The monoisotopic (exact) mass is 392 g/mol. The predicted molar refractivity (Wildman–Crippen MR) is 112 cm³/mol. The van der Waals surface area contributed by atoms with E-state index >= 15 is 0 Å². The van der Waals surface area contributed by atoms with Gasteiger partial charge >= 0.3 is 0 Å². The predicted octanol–water partition coefficient (Wildman–Crippen LogP) is 5.09. The van der Waals surface area contributed by atoms with Gasteiger partial charge in [-0.2, -0.15) is 5.26 Å². The van der Waals surface area contributed by atoms with E-state index < -0.39 is 5.41 Å². The van der Waals surface area contributed by atoms with E-state index in [0.29, 0.717) is 31.5 Å². The summed E-state index contributed by atoms with van der Waals surface area (Å²) in [5, 5.41) is 11.4. The minimum atomic E-state index is -0.591. The Morgan fingerprint density at radius 3 is 2.75 bits per heavy atom. The first-order valence-corrected chi connectivity index (χ1v) is 10.4. The van der Waals surface area contributed by atoms with Crippen LogP contribution in [-0.4, -0.2) is 29.7 Å². The number of hydrogen-bond acceptors (Lipinski definition) is 4. The molecule has 0 saturated carbocycles. The average Bonchev–Trinajstić information content (AvgIpc) is 3.23. The Hall–Kier alpha value is -2.71. The Kier molecular flexibility index (Phi) is 6.11. The van der Waals surface area contributed by atoms with Crippen LogP contribution in [0.25, 0.3) is 10.4 Å². The average molecular weight is 393 g/mol. The van der Waals surface area contributed by atoms with Gasteiger partial charge < -0.3 is 4.90 Å². The first kappa shape index (κ1) is 20.0. The van der Waals surface area contributed by atoms with Gasteiger partial charge in [-0.15, -0.1) is 11.3 Å². The van der Waals surface area contributed by atoms with E-state index in [1.165, 1.54) is 0 Å². The quantitative estimate of drug-likeness (QED) is 0.715. The molecule has 0 N–H and O–H groups in total. The van der Waals surface area contributed by atoms with Crippen molar-refractivity contribution in [3.05, 3.63) is 59.0 Å². The van der Waals surface area contributed by atoms with Crippen LogP contribution in [0.5, 0.6) is 0 Å². The number of allylic oxidation sites excluding steroid dienone is 1. The maximum Gasteiger partial charge on any atom is 0.253 e. The normalized spacial score (nSPS) is 19.4. The highest BCUT2D eigenvalue weighted by atomic mass is 32.1. The van der Waals surface area contributed by atoms with Crippen LogP contribution < -0.4 is 0 Å². The second kappa shape index (κ2) is 8.53. The number of amides is 1. The van der Waals surface area contributed by atoms with Crippen molar-refractivity contribution in [3.63, 3.8) is 0 Å². The van der Waals surface area contributed by atoms with Crippen LogP contribution in [0.2, 0.25) is 0 Å². The molecule has 0 spiro atoms. The van der Waals surface area contributed by atoms with E-state index in [9.17, 15) is 14.9 Å².